The van der Waals surface area contributed by atoms with Crippen LogP contribution in [0.25, 0.3) is 11.2 Å². The summed E-state index contributed by atoms with van der Waals surface area (Å²) in [7, 11) is 0. The van der Waals surface area contributed by atoms with Gasteiger partial charge in [0.25, 0.3) is 0 Å². The highest BCUT2D eigenvalue weighted by atomic mass is 35.5. The van der Waals surface area contributed by atoms with Crippen molar-refractivity contribution in [3.05, 3.63) is 40.7 Å². The van der Waals surface area contributed by atoms with Gasteiger partial charge in [0.15, 0.2) is 11.5 Å². The van der Waals surface area contributed by atoms with Crippen LogP contribution in [-0.2, 0) is 6.54 Å². The summed E-state index contributed by atoms with van der Waals surface area (Å²) in [4.78, 5) is 16.2. The molecule has 8 heteroatoms. The molecule has 0 aliphatic heterocycles. The maximum atomic E-state index is 6.04. The zero-order chi connectivity index (χ0) is 13.4. The summed E-state index contributed by atoms with van der Waals surface area (Å²) in [5.41, 5.74) is 7.77. The van der Waals surface area contributed by atoms with E-state index in [2.05, 4.69) is 19.9 Å². The lowest BCUT2D eigenvalue weighted by Gasteiger charge is -2.05. The first-order chi connectivity index (χ1) is 9.15. The molecule has 0 saturated heterocycles. The monoisotopic (exact) mass is 294 g/mol. The number of nitrogens with zero attached hydrogens (tertiary/aromatic N) is 5. The molecule has 96 valence electrons. The average molecular weight is 295 g/mol. The van der Waals surface area contributed by atoms with Crippen LogP contribution in [0.3, 0.4) is 0 Å². The van der Waals surface area contributed by atoms with E-state index in [1.54, 1.807) is 12.4 Å². The van der Waals surface area contributed by atoms with Gasteiger partial charge >= 0.3 is 0 Å². The lowest BCUT2D eigenvalue weighted by Crippen LogP contribution is -2.02. The molecule has 0 amide bonds. The molecule has 2 N–H and O–H groups in total. The highest BCUT2D eigenvalue weighted by Gasteiger charge is 2.10. The largest absolute Gasteiger partial charge is 0.382 e. The van der Waals surface area contributed by atoms with Gasteiger partial charge in [-0.1, -0.05) is 29.3 Å². The summed E-state index contributed by atoms with van der Waals surface area (Å²) >= 11 is 11.8. The first kappa shape index (κ1) is 12.1. The number of nitrogen functional groups attached to an aromatic ring is 1. The van der Waals surface area contributed by atoms with Gasteiger partial charge in [0.2, 0.25) is 0 Å². The van der Waals surface area contributed by atoms with E-state index in [0.717, 1.165) is 5.56 Å². The fourth-order valence-electron chi connectivity index (χ4n) is 1.76. The Kier molecular flexibility index (Phi) is 2.96. The molecule has 0 saturated carbocycles. The van der Waals surface area contributed by atoms with Crippen LogP contribution in [0.5, 0.6) is 0 Å². The van der Waals surface area contributed by atoms with Gasteiger partial charge in [-0.25, -0.2) is 19.9 Å². The van der Waals surface area contributed by atoms with E-state index in [9.17, 15) is 0 Å². The molecule has 3 rings (SSSR count). The van der Waals surface area contributed by atoms with Crippen molar-refractivity contribution in [2.45, 2.75) is 6.54 Å². The molecular weight excluding hydrogens is 287 g/mol. The Bertz CT molecular complexity index is 754. The van der Waals surface area contributed by atoms with Gasteiger partial charge in [0, 0.05) is 5.56 Å². The molecule has 0 fully saturated rings. The van der Waals surface area contributed by atoms with E-state index in [0.29, 0.717) is 33.8 Å². The topological polar surface area (TPSA) is 82.5 Å². The summed E-state index contributed by atoms with van der Waals surface area (Å²) in [6.45, 7) is 0.482. The Morgan fingerprint density at radius 2 is 2.00 bits per heavy atom. The SMILES string of the molecule is Nc1ncnc2c1ncn2Cc1ccc(Cl)nc1Cl. The van der Waals surface area contributed by atoms with Gasteiger partial charge in [0.05, 0.1) is 12.9 Å². The molecule has 0 unspecified atom stereocenters. The fraction of sp³-hybridized carbons (Fsp3) is 0.0909. The maximum Gasteiger partial charge on any atom is 0.165 e. The van der Waals surface area contributed by atoms with E-state index in [1.807, 2.05) is 10.6 Å². The number of aromatic nitrogens is 5. The van der Waals surface area contributed by atoms with Gasteiger partial charge in [-0.15, -0.1) is 0 Å². The third-order valence-electron chi connectivity index (χ3n) is 2.66. The quantitative estimate of drug-likeness (QED) is 0.732. The number of anilines is 1. The van der Waals surface area contributed by atoms with Gasteiger partial charge in [-0.3, -0.25) is 0 Å². The molecule has 0 atom stereocenters. The summed E-state index contributed by atoms with van der Waals surface area (Å²) in [5, 5.41) is 0.715. The Morgan fingerprint density at radius 1 is 1.16 bits per heavy atom. The third kappa shape index (κ3) is 2.20. The molecular formula is C11H8Cl2N6. The molecule has 0 aliphatic carbocycles. The molecule has 0 radical (unpaired) electrons. The molecule has 3 heterocycles. The zero-order valence-electron chi connectivity index (χ0n) is 9.59. The number of rotatable bonds is 2. The Morgan fingerprint density at radius 3 is 2.79 bits per heavy atom. The van der Waals surface area contributed by atoms with E-state index >= 15 is 0 Å². The van der Waals surface area contributed by atoms with E-state index in [4.69, 9.17) is 28.9 Å². The fourth-order valence-corrected chi connectivity index (χ4v) is 2.16. The Labute approximate surface area is 118 Å². The molecule has 3 aromatic heterocycles. The van der Waals surface area contributed by atoms with Crippen molar-refractivity contribution < 1.29 is 0 Å². The number of nitrogens with two attached hydrogens (primary N) is 1. The Balaban J connectivity index is 2.04. The van der Waals surface area contributed by atoms with Crippen molar-refractivity contribution in [3.8, 4) is 0 Å². The summed E-state index contributed by atoms with van der Waals surface area (Å²) in [5.74, 6) is 0.351. The molecule has 3 aromatic rings. The van der Waals surface area contributed by atoms with Crippen molar-refractivity contribution in [3.63, 3.8) is 0 Å². The van der Waals surface area contributed by atoms with Crippen LogP contribution in [0, 0.1) is 0 Å². The first-order valence-corrected chi connectivity index (χ1v) is 6.13. The lowest BCUT2D eigenvalue weighted by molar-refractivity contribution is 0.809. The van der Waals surface area contributed by atoms with Crippen LogP contribution < -0.4 is 5.73 Å². The zero-order valence-corrected chi connectivity index (χ0v) is 11.1. The van der Waals surface area contributed by atoms with E-state index in [1.165, 1.54) is 6.33 Å². The minimum absolute atomic E-state index is 0.351. The van der Waals surface area contributed by atoms with Crippen LogP contribution in [0.15, 0.2) is 24.8 Å². The number of fused-ring (bicyclic) bond motifs is 1. The number of hydrogen-bond acceptors (Lipinski definition) is 5. The Hall–Kier alpha value is -1.92. The third-order valence-corrected chi connectivity index (χ3v) is 3.20. The number of halogens is 2. The van der Waals surface area contributed by atoms with Crippen LogP contribution >= 0.6 is 23.2 Å². The summed E-state index contributed by atoms with van der Waals surface area (Å²) in [6.07, 6.45) is 3.04. The molecule has 19 heavy (non-hydrogen) atoms. The minimum atomic E-state index is 0.351. The van der Waals surface area contributed by atoms with Gasteiger partial charge in [-0.05, 0) is 6.07 Å². The number of hydrogen-bond donors (Lipinski definition) is 1. The van der Waals surface area contributed by atoms with Crippen LogP contribution in [0.2, 0.25) is 10.3 Å². The van der Waals surface area contributed by atoms with Gasteiger partial charge in [-0.2, -0.15) is 0 Å². The van der Waals surface area contributed by atoms with Crippen LogP contribution in [0.1, 0.15) is 5.56 Å². The second-order valence-electron chi connectivity index (χ2n) is 3.89. The second-order valence-corrected chi connectivity index (χ2v) is 4.63. The van der Waals surface area contributed by atoms with Gasteiger partial charge < -0.3 is 10.3 Å². The normalized spacial score (nSPS) is 11.1. The minimum Gasteiger partial charge on any atom is -0.382 e. The number of pyridine rings is 1. The van der Waals surface area contributed by atoms with Crippen molar-refractivity contribution in [2.75, 3.05) is 5.73 Å². The van der Waals surface area contributed by atoms with Crippen molar-refractivity contribution in [1.29, 1.82) is 0 Å². The molecule has 0 spiro atoms. The highest BCUT2D eigenvalue weighted by molar-refractivity contribution is 6.32. The van der Waals surface area contributed by atoms with Crippen LogP contribution in [0.4, 0.5) is 5.82 Å². The van der Waals surface area contributed by atoms with Crippen molar-refractivity contribution in [1.82, 2.24) is 24.5 Å². The highest BCUT2D eigenvalue weighted by Crippen LogP contribution is 2.20. The number of imidazole rings is 1. The average Bonchev–Trinajstić information content (AvgIpc) is 2.78. The maximum absolute atomic E-state index is 6.04. The van der Waals surface area contributed by atoms with Crippen molar-refractivity contribution >= 4 is 40.2 Å². The summed E-state index contributed by atoms with van der Waals surface area (Å²) < 4.78 is 1.82. The molecule has 0 aromatic carbocycles. The van der Waals surface area contributed by atoms with Crippen LogP contribution in [-0.4, -0.2) is 24.5 Å². The van der Waals surface area contributed by atoms with Crippen molar-refractivity contribution in [2.24, 2.45) is 0 Å². The predicted octanol–water partition coefficient (Wildman–Crippen LogP) is 2.16. The van der Waals surface area contributed by atoms with E-state index < -0.39 is 0 Å². The van der Waals surface area contributed by atoms with E-state index in [-0.39, 0.29) is 0 Å². The molecule has 6 nitrogen and oxygen atoms in total. The van der Waals surface area contributed by atoms with Gasteiger partial charge in [0.1, 0.15) is 22.2 Å². The standard InChI is InChI=1S/C11H8Cl2N6/c12-7-2-1-6(9(13)18-7)3-19-5-17-8-10(14)15-4-16-11(8)19/h1-2,4-5H,3H2,(H2,14,15,16). The molecule has 0 aliphatic rings. The summed E-state index contributed by atoms with van der Waals surface area (Å²) in [6, 6.07) is 3.50. The predicted molar refractivity (Wildman–Crippen MR) is 73.1 cm³/mol. The first-order valence-electron chi connectivity index (χ1n) is 5.37. The lowest BCUT2D eigenvalue weighted by atomic mass is 10.3. The smallest absolute Gasteiger partial charge is 0.165 e. The second kappa shape index (κ2) is 4.64. The molecule has 0 bridgehead atoms.